The molecular weight excluding hydrogens is 312 g/mol. The summed E-state index contributed by atoms with van der Waals surface area (Å²) >= 11 is 9.22. The van der Waals surface area contributed by atoms with Gasteiger partial charge in [-0.25, -0.2) is 8.42 Å². The fourth-order valence-corrected chi connectivity index (χ4v) is 2.73. The van der Waals surface area contributed by atoms with E-state index >= 15 is 0 Å². The number of rotatable bonds is 5. The van der Waals surface area contributed by atoms with Crippen molar-refractivity contribution in [3.63, 3.8) is 0 Å². The lowest BCUT2D eigenvalue weighted by Crippen LogP contribution is -2.09. The Kier molecular flexibility index (Phi) is 5.28. The molecule has 1 rings (SSSR count). The summed E-state index contributed by atoms with van der Waals surface area (Å²) in [5.41, 5.74) is 1.09. The number of sulfone groups is 1. The van der Waals surface area contributed by atoms with E-state index in [1.807, 2.05) is 24.3 Å². The van der Waals surface area contributed by atoms with Crippen LogP contribution in [0, 0.1) is 0 Å². The third kappa shape index (κ3) is 4.85. The number of halogens is 2. The molecule has 1 aromatic carbocycles. The average Bonchev–Trinajstić information content (AvgIpc) is 2.20. The summed E-state index contributed by atoms with van der Waals surface area (Å²) < 4.78 is 23.2. The van der Waals surface area contributed by atoms with E-state index in [2.05, 4.69) is 15.9 Å². The van der Waals surface area contributed by atoms with Gasteiger partial charge < -0.3 is 0 Å². The minimum Gasteiger partial charge on any atom is -0.229 e. The highest BCUT2D eigenvalue weighted by atomic mass is 79.9. The molecule has 5 heteroatoms. The Balaban J connectivity index is 2.71. The fourth-order valence-electron chi connectivity index (χ4n) is 1.42. The van der Waals surface area contributed by atoms with Crippen LogP contribution in [0.15, 0.2) is 28.7 Å². The summed E-state index contributed by atoms with van der Waals surface area (Å²) in [7, 11) is -2.91. The van der Waals surface area contributed by atoms with Crippen molar-refractivity contribution < 1.29 is 8.42 Å². The van der Waals surface area contributed by atoms with Gasteiger partial charge in [-0.15, -0.1) is 11.6 Å². The lowest BCUT2D eigenvalue weighted by atomic mass is 9.99. The highest BCUT2D eigenvalue weighted by Gasteiger charge is 2.13. The van der Waals surface area contributed by atoms with Crippen molar-refractivity contribution in [1.29, 1.82) is 0 Å². The Hall–Kier alpha value is -0.0600. The SMILES string of the molecule is CS(=O)(=O)CCC(CCl)c1ccc(Br)cc1. The van der Waals surface area contributed by atoms with Crippen LogP contribution in [0.4, 0.5) is 0 Å². The normalized spacial score (nSPS) is 13.7. The second-order valence-electron chi connectivity index (χ2n) is 3.82. The van der Waals surface area contributed by atoms with E-state index in [0.29, 0.717) is 12.3 Å². The zero-order valence-corrected chi connectivity index (χ0v) is 12.1. The van der Waals surface area contributed by atoms with E-state index in [1.165, 1.54) is 6.26 Å². The molecule has 0 aromatic heterocycles. The summed E-state index contributed by atoms with van der Waals surface area (Å²) in [5.74, 6) is 0.724. The first-order chi connectivity index (χ1) is 7.42. The summed E-state index contributed by atoms with van der Waals surface area (Å²) in [4.78, 5) is 0. The molecule has 0 amide bonds. The summed E-state index contributed by atoms with van der Waals surface area (Å²) in [6.45, 7) is 0. The Morgan fingerprint density at radius 2 is 1.88 bits per heavy atom. The predicted molar refractivity (Wildman–Crippen MR) is 71.9 cm³/mol. The van der Waals surface area contributed by atoms with Crippen molar-refractivity contribution in [1.82, 2.24) is 0 Å². The molecule has 0 heterocycles. The lowest BCUT2D eigenvalue weighted by Gasteiger charge is -2.13. The topological polar surface area (TPSA) is 34.1 Å². The summed E-state index contributed by atoms with van der Waals surface area (Å²) in [6.07, 6.45) is 1.82. The molecule has 0 fully saturated rings. The minimum absolute atomic E-state index is 0.101. The molecule has 0 aliphatic carbocycles. The number of hydrogen-bond donors (Lipinski definition) is 0. The van der Waals surface area contributed by atoms with Gasteiger partial charge in [-0.3, -0.25) is 0 Å². The molecule has 1 aromatic rings. The van der Waals surface area contributed by atoms with Gasteiger partial charge in [-0.1, -0.05) is 28.1 Å². The molecule has 0 spiro atoms. The van der Waals surface area contributed by atoms with E-state index in [1.54, 1.807) is 0 Å². The van der Waals surface area contributed by atoms with Gasteiger partial charge in [0.15, 0.2) is 0 Å². The van der Waals surface area contributed by atoms with Gasteiger partial charge in [0.2, 0.25) is 0 Å². The smallest absolute Gasteiger partial charge is 0.147 e. The zero-order valence-electron chi connectivity index (χ0n) is 8.99. The van der Waals surface area contributed by atoms with Crippen molar-refractivity contribution in [3.05, 3.63) is 34.3 Å². The standard InChI is InChI=1S/C11H14BrClO2S/c1-16(14,15)7-6-10(8-13)9-2-4-11(12)5-3-9/h2-5,10H,6-8H2,1H3. The Labute approximate surface area is 110 Å². The van der Waals surface area contributed by atoms with Crippen LogP contribution < -0.4 is 0 Å². The lowest BCUT2D eigenvalue weighted by molar-refractivity contribution is 0.594. The van der Waals surface area contributed by atoms with Crippen molar-refractivity contribution in [3.8, 4) is 0 Å². The van der Waals surface area contributed by atoms with Crippen molar-refractivity contribution in [2.45, 2.75) is 12.3 Å². The number of alkyl halides is 1. The molecule has 0 N–H and O–H groups in total. The zero-order chi connectivity index (χ0) is 12.2. The maximum Gasteiger partial charge on any atom is 0.147 e. The van der Waals surface area contributed by atoms with Crippen molar-refractivity contribution >= 4 is 37.4 Å². The number of hydrogen-bond acceptors (Lipinski definition) is 2. The van der Waals surface area contributed by atoms with Crippen LogP contribution in [0.5, 0.6) is 0 Å². The molecule has 0 bridgehead atoms. The molecule has 2 nitrogen and oxygen atoms in total. The third-order valence-electron chi connectivity index (χ3n) is 2.36. The Bertz CT molecular complexity index is 428. The van der Waals surface area contributed by atoms with Gasteiger partial charge in [0.1, 0.15) is 9.84 Å². The molecule has 1 unspecified atom stereocenters. The second kappa shape index (κ2) is 6.03. The molecule has 0 radical (unpaired) electrons. The molecular formula is C11H14BrClO2S. The van der Waals surface area contributed by atoms with E-state index in [9.17, 15) is 8.42 Å². The highest BCUT2D eigenvalue weighted by Crippen LogP contribution is 2.23. The van der Waals surface area contributed by atoms with E-state index < -0.39 is 9.84 Å². The highest BCUT2D eigenvalue weighted by molar-refractivity contribution is 9.10. The Morgan fingerprint density at radius 1 is 1.31 bits per heavy atom. The van der Waals surface area contributed by atoms with Gasteiger partial charge in [0, 0.05) is 16.6 Å². The maximum absolute atomic E-state index is 11.1. The Morgan fingerprint density at radius 3 is 2.31 bits per heavy atom. The molecule has 1 atom stereocenters. The molecule has 0 aliphatic heterocycles. The largest absolute Gasteiger partial charge is 0.229 e. The predicted octanol–water partition coefficient (Wildman–Crippen LogP) is 3.21. The molecule has 0 saturated heterocycles. The van der Waals surface area contributed by atoms with Crippen LogP contribution in [0.2, 0.25) is 0 Å². The van der Waals surface area contributed by atoms with Crippen LogP contribution >= 0.6 is 27.5 Å². The van der Waals surface area contributed by atoms with Crippen LogP contribution in [-0.4, -0.2) is 26.3 Å². The maximum atomic E-state index is 11.1. The van der Waals surface area contributed by atoms with Crippen LogP contribution in [-0.2, 0) is 9.84 Å². The first-order valence-electron chi connectivity index (χ1n) is 4.91. The quantitative estimate of drug-likeness (QED) is 0.779. The van der Waals surface area contributed by atoms with Crippen LogP contribution in [0.1, 0.15) is 17.9 Å². The van der Waals surface area contributed by atoms with Crippen molar-refractivity contribution in [2.24, 2.45) is 0 Å². The number of benzene rings is 1. The summed E-state index contributed by atoms with van der Waals surface area (Å²) in [6, 6.07) is 7.82. The molecule has 0 aliphatic rings. The third-order valence-corrected chi connectivity index (χ3v) is 4.24. The van der Waals surface area contributed by atoms with Gasteiger partial charge in [0.25, 0.3) is 0 Å². The molecule has 16 heavy (non-hydrogen) atoms. The van der Waals surface area contributed by atoms with Crippen LogP contribution in [0.25, 0.3) is 0 Å². The van der Waals surface area contributed by atoms with Crippen LogP contribution in [0.3, 0.4) is 0 Å². The first-order valence-corrected chi connectivity index (χ1v) is 8.30. The molecule has 0 saturated carbocycles. The van der Waals surface area contributed by atoms with Gasteiger partial charge in [-0.05, 0) is 30.0 Å². The second-order valence-corrected chi connectivity index (χ2v) is 7.31. The monoisotopic (exact) mass is 324 g/mol. The minimum atomic E-state index is -2.91. The average molecular weight is 326 g/mol. The summed E-state index contributed by atoms with van der Waals surface area (Å²) in [5, 5.41) is 0. The van der Waals surface area contributed by atoms with E-state index in [-0.39, 0.29) is 11.7 Å². The molecule has 90 valence electrons. The van der Waals surface area contributed by atoms with Gasteiger partial charge in [0.05, 0.1) is 5.75 Å². The van der Waals surface area contributed by atoms with Crippen molar-refractivity contribution in [2.75, 3.05) is 17.9 Å². The first kappa shape index (κ1) is 14.0. The van der Waals surface area contributed by atoms with Gasteiger partial charge >= 0.3 is 0 Å². The van der Waals surface area contributed by atoms with E-state index in [4.69, 9.17) is 11.6 Å². The fraction of sp³-hybridized carbons (Fsp3) is 0.455. The van der Waals surface area contributed by atoms with Gasteiger partial charge in [-0.2, -0.15) is 0 Å². The van der Waals surface area contributed by atoms with E-state index in [0.717, 1.165) is 10.0 Å².